The molecule has 0 aliphatic carbocycles. The largest absolute Gasteiger partial charge is 0.444 e. The Morgan fingerprint density at radius 2 is 1.97 bits per heavy atom. The molecule has 0 spiro atoms. The van der Waals surface area contributed by atoms with Gasteiger partial charge < -0.3 is 20.2 Å². The number of benzene rings is 2. The Kier molecular flexibility index (Phi) is 7.05. The van der Waals surface area contributed by atoms with Crippen molar-refractivity contribution in [2.75, 3.05) is 41.6 Å². The van der Waals surface area contributed by atoms with Crippen LogP contribution in [-0.4, -0.2) is 54.0 Å². The van der Waals surface area contributed by atoms with Crippen LogP contribution in [0.1, 0.15) is 39.3 Å². The van der Waals surface area contributed by atoms with Gasteiger partial charge in [0.1, 0.15) is 5.60 Å². The summed E-state index contributed by atoms with van der Waals surface area (Å²) in [7, 11) is 0. The fourth-order valence-corrected chi connectivity index (χ4v) is 4.86. The summed E-state index contributed by atoms with van der Waals surface area (Å²) in [6.07, 6.45) is -0.395. The second kappa shape index (κ2) is 9.70. The van der Waals surface area contributed by atoms with E-state index in [-0.39, 0.29) is 18.7 Å². The van der Waals surface area contributed by atoms with Gasteiger partial charge >= 0.3 is 6.09 Å². The third-order valence-electron chi connectivity index (χ3n) is 6.04. The van der Waals surface area contributed by atoms with E-state index >= 15 is 0 Å². The van der Waals surface area contributed by atoms with Crippen LogP contribution < -0.4 is 20.9 Å². The second-order valence-electron chi connectivity index (χ2n) is 9.61. The van der Waals surface area contributed by atoms with Gasteiger partial charge in [0, 0.05) is 35.4 Å². The molecule has 1 amide bonds. The lowest BCUT2D eigenvalue weighted by atomic mass is 10.1. The first kappa shape index (κ1) is 24.7. The number of piperazine rings is 1. The number of aliphatic hydroxyl groups is 1. The highest BCUT2D eigenvalue weighted by molar-refractivity contribution is 6.35. The maximum Gasteiger partial charge on any atom is 0.410 e. The van der Waals surface area contributed by atoms with Crippen molar-refractivity contribution in [3.8, 4) is 0 Å². The van der Waals surface area contributed by atoms with E-state index in [4.69, 9.17) is 27.9 Å². The Labute approximate surface area is 210 Å². The Balaban J connectivity index is 1.52. The number of rotatable bonds is 4. The summed E-state index contributed by atoms with van der Waals surface area (Å²) in [5, 5.41) is 13.2. The molecule has 0 bridgehead atoms. The third-order valence-corrected chi connectivity index (χ3v) is 6.60. The molecule has 4 rings (SSSR count). The summed E-state index contributed by atoms with van der Waals surface area (Å²) in [6.45, 7) is 9.05. The Bertz CT molecular complexity index is 1060. The molecule has 2 aromatic carbocycles. The number of hydrogen-bond donors (Lipinski definition) is 3. The number of nitrogens with one attached hydrogen (secondary N) is 2. The van der Waals surface area contributed by atoms with Gasteiger partial charge in [-0.3, -0.25) is 9.91 Å². The normalized spacial score (nSPS) is 19.0. The lowest BCUT2D eigenvalue weighted by Crippen LogP contribution is -2.57. The fourth-order valence-electron chi connectivity index (χ4n) is 4.29. The standard InChI is InChI=1S/C24H31Cl2N5O3/c1-15(19-7-5-16(25)11-20(19)26)31-22-12-17(6-8-21(22)27-28-31)29-9-10-30(18(13-29)14-32)23(33)34-24(2,3)4/h5-8,11-12,15,18,27-28,32H,9-10,13-14H2,1-4H3/t15-,18+/m1/s1. The van der Waals surface area contributed by atoms with Crippen LogP contribution in [-0.2, 0) is 4.74 Å². The molecule has 2 aliphatic heterocycles. The van der Waals surface area contributed by atoms with Crippen molar-refractivity contribution in [2.45, 2.75) is 45.4 Å². The molecule has 3 N–H and O–H groups in total. The highest BCUT2D eigenvalue weighted by atomic mass is 35.5. The van der Waals surface area contributed by atoms with Crippen LogP contribution in [0, 0.1) is 0 Å². The number of ether oxygens (including phenoxy) is 1. The average Bonchev–Trinajstić information content (AvgIpc) is 3.20. The van der Waals surface area contributed by atoms with Gasteiger partial charge in [0.2, 0.25) is 0 Å². The maximum atomic E-state index is 12.6. The number of hydrogen-bond acceptors (Lipinski definition) is 7. The van der Waals surface area contributed by atoms with E-state index < -0.39 is 11.7 Å². The van der Waals surface area contributed by atoms with Gasteiger partial charge in [0.15, 0.2) is 0 Å². The van der Waals surface area contributed by atoms with Crippen molar-refractivity contribution in [1.82, 2.24) is 10.4 Å². The van der Waals surface area contributed by atoms with E-state index in [0.717, 1.165) is 22.6 Å². The Morgan fingerprint density at radius 3 is 2.65 bits per heavy atom. The molecule has 34 heavy (non-hydrogen) atoms. The van der Waals surface area contributed by atoms with Gasteiger partial charge in [-0.05, 0) is 63.6 Å². The van der Waals surface area contributed by atoms with Gasteiger partial charge in [-0.15, -0.1) is 5.53 Å². The highest BCUT2D eigenvalue weighted by Crippen LogP contribution is 2.40. The van der Waals surface area contributed by atoms with E-state index in [1.54, 1.807) is 11.0 Å². The number of anilines is 3. The second-order valence-corrected chi connectivity index (χ2v) is 10.4. The zero-order valence-corrected chi connectivity index (χ0v) is 21.3. The van der Waals surface area contributed by atoms with E-state index in [2.05, 4.69) is 28.9 Å². The van der Waals surface area contributed by atoms with Crippen LogP contribution in [0.3, 0.4) is 0 Å². The van der Waals surface area contributed by atoms with Gasteiger partial charge in [0.25, 0.3) is 0 Å². The minimum absolute atomic E-state index is 0.0667. The smallest absolute Gasteiger partial charge is 0.410 e. The van der Waals surface area contributed by atoms with Crippen molar-refractivity contribution < 1.29 is 14.6 Å². The van der Waals surface area contributed by atoms with Crippen LogP contribution in [0.25, 0.3) is 0 Å². The molecule has 2 aliphatic rings. The molecule has 184 valence electrons. The summed E-state index contributed by atoms with van der Waals surface area (Å²) < 4.78 is 5.53. The van der Waals surface area contributed by atoms with Gasteiger partial charge in [-0.1, -0.05) is 29.3 Å². The molecule has 0 unspecified atom stereocenters. The third kappa shape index (κ3) is 5.15. The van der Waals surface area contributed by atoms with Crippen LogP contribution in [0.4, 0.5) is 21.9 Å². The molecule has 2 atom stereocenters. The number of hydrazine groups is 2. The van der Waals surface area contributed by atoms with E-state index in [9.17, 15) is 9.90 Å². The molecule has 10 heteroatoms. The molecular weight excluding hydrogens is 477 g/mol. The SMILES string of the molecule is C[C@H](c1ccc(Cl)cc1Cl)N1NNc2ccc(N3CCN(C(=O)OC(C)(C)C)[C@H](CO)C3)cc21. The topological polar surface area (TPSA) is 80.3 Å². The Morgan fingerprint density at radius 1 is 1.21 bits per heavy atom. The predicted octanol–water partition coefficient (Wildman–Crippen LogP) is 4.82. The van der Waals surface area contributed by atoms with E-state index in [0.29, 0.717) is 29.7 Å². The minimum Gasteiger partial charge on any atom is -0.444 e. The molecule has 2 heterocycles. The van der Waals surface area contributed by atoms with Crippen LogP contribution >= 0.6 is 23.2 Å². The van der Waals surface area contributed by atoms with Crippen LogP contribution in [0.2, 0.25) is 10.0 Å². The average molecular weight is 508 g/mol. The number of nitrogens with zero attached hydrogens (tertiary/aromatic N) is 3. The first-order valence-electron chi connectivity index (χ1n) is 11.3. The molecule has 8 nitrogen and oxygen atoms in total. The van der Waals surface area contributed by atoms with Crippen LogP contribution in [0.5, 0.6) is 0 Å². The summed E-state index contributed by atoms with van der Waals surface area (Å²) in [6, 6.07) is 11.2. The lowest BCUT2D eigenvalue weighted by Gasteiger charge is -2.42. The number of carbonyl (C=O) groups excluding carboxylic acids is 1. The fraction of sp³-hybridized carbons (Fsp3) is 0.458. The van der Waals surface area contributed by atoms with Crippen molar-refractivity contribution in [1.29, 1.82) is 0 Å². The molecule has 2 aromatic rings. The Hall–Kier alpha value is -2.39. The van der Waals surface area contributed by atoms with Crippen molar-refractivity contribution in [2.24, 2.45) is 0 Å². The molecule has 1 saturated heterocycles. The summed E-state index contributed by atoms with van der Waals surface area (Å²) in [5.41, 5.74) is 9.73. The van der Waals surface area contributed by atoms with Crippen molar-refractivity contribution in [3.05, 3.63) is 52.0 Å². The number of fused-ring (bicyclic) bond motifs is 1. The molecule has 1 fully saturated rings. The maximum absolute atomic E-state index is 12.6. The number of carbonyl (C=O) groups is 1. The van der Waals surface area contributed by atoms with E-state index in [1.165, 1.54) is 0 Å². The quantitative estimate of drug-likeness (QED) is 0.546. The number of aliphatic hydroxyl groups excluding tert-OH is 1. The zero-order chi connectivity index (χ0) is 24.6. The molecule has 0 radical (unpaired) electrons. The zero-order valence-electron chi connectivity index (χ0n) is 19.8. The molecule has 0 saturated carbocycles. The summed E-state index contributed by atoms with van der Waals surface area (Å²) >= 11 is 12.5. The van der Waals surface area contributed by atoms with Crippen molar-refractivity contribution in [3.63, 3.8) is 0 Å². The van der Waals surface area contributed by atoms with E-state index in [1.807, 2.05) is 50.0 Å². The molecule has 0 aromatic heterocycles. The minimum atomic E-state index is -0.582. The monoisotopic (exact) mass is 507 g/mol. The highest BCUT2D eigenvalue weighted by Gasteiger charge is 2.34. The van der Waals surface area contributed by atoms with Gasteiger partial charge in [-0.2, -0.15) is 0 Å². The van der Waals surface area contributed by atoms with Crippen LogP contribution in [0.15, 0.2) is 36.4 Å². The predicted molar refractivity (Wildman–Crippen MR) is 137 cm³/mol. The first-order valence-corrected chi connectivity index (χ1v) is 12.1. The summed E-state index contributed by atoms with van der Waals surface area (Å²) in [5.74, 6) is 0. The first-order chi connectivity index (χ1) is 16.1. The molecular formula is C24H31Cl2N5O3. The van der Waals surface area contributed by atoms with Gasteiger partial charge in [0.05, 0.1) is 30.1 Å². The lowest BCUT2D eigenvalue weighted by molar-refractivity contribution is 0.00704. The van der Waals surface area contributed by atoms with Gasteiger partial charge in [-0.25, -0.2) is 4.79 Å². The number of amides is 1. The number of halogens is 2. The summed E-state index contributed by atoms with van der Waals surface area (Å²) in [4.78, 5) is 16.4. The van der Waals surface area contributed by atoms with Crippen molar-refractivity contribution >= 4 is 46.4 Å².